The first kappa shape index (κ1) is 19.4. The fourth-order valence-corrected chi connectivity index (χ4v) is 2.91. The fourth-order valence-electron chi connectivity index (χ4n) is 2.91. The first-order valence-corrected chi connectivity index (χ1v) is 8.51. The van der Waals surface area contributed by atoms with E-state index in [1.807, 2.05) is 24.3 Å². The third-order valence-corrected chi connectivity index (χ3v) is 4.35. The Morgan fingerprint density at radius 3 is 2.44 bits per heavy atom. The number of carbonyl (C=O) groups is 1. The highest BCUT2D eigenvalue weighted by atomic mass is 35.5. The number of benzene rings is 2. The molecule has 1 saturated heterocycles. The highest BCUT2D eigenvalue weighted by Gasteiger charge is 2.17. The summed E-state index contributed by atoms with van der Waals surface area (Å²) in [7, 11) is 2.10. The molecule has 3 rings (SSSR count). The minimum atomic E-state index is 0. The Labute approximate surface area is 156 Å². The van der Waals surface area contributed by atoms with E-state index in [2.05, 4.69) is 52.9 Å². The zero-order valence-corrected chi connectivity index (χ0v) is 15.4. The van der Waals surface area contributed by atoms with Crippen molar-refractivity contribution in [3.63, 3.8) is 0 Å². The topological polar surface area (TPSA) is 44.4 Å². The van der Waals surface area contributed by atoms with E-state index in [0.29, 0.717) is 5.92 Å². The number of nitrogens with one attached hydrogen (secondary N) is 2. The van der Waals surface area contributed by atoms with Gasteiger partial charge in [0.2, 0.25) is 0 Å². The number of hydrogen-bond donors (Lipinski definition) is 2. The van der Waals surface area contributed by atoms with Crippen LogP contribution in [0.5, 0.6) is 0 Å². The Morgan fingerprint density at radius 1 is 1.08 bits per heavy atom. The van der Waals surface area contributed by atoms with Crippen molar-refractivity contribution in [1.82, 2.24) is 15.5 Å². The van der Waals surface area contributed by atoms with Crippen LogP contribution in [0.25, 0.3) is 0 Å². The van der Waals surface area contributed by atoms with Crippen LogP contribution in [0.4, 0.5) is 0 Å². The zero-order valence-electron chi connectivity index (χ0n) is 14.6. The van der Waals surface area contributed by atoms with Gasteiger partial charge in [-0.15, -0.1) is 12.4 Å². The Kier molecular flexibility index (Phi) is 7.44. The van der Waals surface area contributed by atoms with Gasteiger partial charge >= 0.3 is 0 Å². The van der Waals surface area contributed by atoms with E-state index in [4.69, 9.17) is 0 Å². The summed E-state index contributed by atoms with van der Waals surface area (Å²) >= 11 is 0. The van der Waals surface area contributed by atoms with Crippen molar-refractivity contribution in [2.45, 2.75) is 13.1 Å². The number of hydrogen-bond acceptors (Lipinski definition) is 3. The molecule has 2 aromatic carbocycles. The van der Waals surface area contributed by atoms with Crippen molar-refractivity contribution >= 4 is 18.3 Å². The standard InChI is InChI=1S/C20H25N3O.ClH/c1-23(14-16-6-3-2-4-7-16)15-17-8-5-9-19(10-17)20(24)22-13-18-11-21-12-18;/h2-10,18,21H,11-15H2,1H3,(H,22,24);1H. The van der Waals surface area contributed by atoms with E-state index in [-0.39, 0.29) is 18.3 Å². The quantitative estimate of drug-likeness (QED) is 0.799. The second-order valence-electron chi connectivity index (χ2n) is 6.59. The maximum Gasteiger partial charge on any atom is 0.251 e. The van der Waals surface area contributed by atoms with Crippen LogP contribution in [0, 0.1) is 5.92 Å². The van der Waals surface area contributed by atoms with Crippen molar-refractivity contribution in [2.24, 2.45) is 5.92 Å². The van der Waals surface area contributed by atoms with Gasteiger partial charge in [-0.2, -0.15) is 0 Å². The van der Waals surface area contributed by atoms with Crippen LogP contribution in [-0.2, 0) is 13.1 Å². The molecular formula is C20H26ClN3O. The van der Waals surface area contributed by atoms with Gasteiger partial charge in [-0.3, -0.25) is 9.69 Å². The molecule has 134 valence electrons. The van der Waals surface area contributed by atoms with Gasteiger partial charge < -0.3 is 10.6 Å². The molecule has 5 heteroatoms. The smallest absolute Gasteiger partial charge is 0.251 e. The third kappa shape index (κ3) is 5.85. The molecule has 1 amide bonds. The van der Waals surface area contributed by atoms with Crippen molar-refractivity contribution in [3.05, 3.63) is 71.3 Å². The molecule has 1 aliphatic rings. The lowest BCUT2D eigenvalue weighted by Crippen LogP contribution is -2.48. The van der Waals surface area contributed by atoms with E-state index < -0.39 is 0 Å². The van der Waals surface area contributed by atoms with Gasteiger partial charge in [-0.05, 0) is 30.3 Å². The molecule has 2 aromatic rings. The predicted molar refractivity (Wildman–Crippen MR) is 104 cm³/mol. The molecule has 0 radical (unpaired) electrons. The third-order valence-electron chi connectivity index (χ3n) is 4.35. The normalized spacial score (nSPS) is 13.8. The molecule has 2 N–H and O–H groups in total. The lowest BCUT2D eigenvalue weighted by molar-refractivity contribution is 0.0942. The maximum atomic E-state index is 12.3. The highest BCUT2D eigenvalue weighted by Crippen LogP contribution is 2.11. The molecule has 0 bridgehead atoms. The Balaban J connectivity index is 0.00000225. The number of amides is 1. The molecule has 1 fully saturated rings. The molecule has 25 heavy (non-hydrogen) atoms. The summed E-state index contributed by atoms with van der Waals surface area (Å²) in [6.07, 6.45) is 0. The molecule has 0 unspecified atom stereocenters. The molecular weight excluding hydrogens is 334 g/mol. The van der Waals surface area contributed by atoms with Gasteiger partial charge in [-0.25, -0.2) is 0 Å². The van der Waals surface area contributed by atoms with E-state index in [1.54, 1.807) is 0 Å². The average molecular weight is 360 g/mol. The number of carbonyl (C=O) groups excluding carboxylic acids is 1. The minimum Gasteiger partial charge on any atom is -0.352 e. The Bertz CT molecular complexity index is 674. The van der Waals surface area contributed by atoms with Crippen LogP contribution < -0.4 is 10.6 Å². The van der Waals surface area contributed by atoms with Gasteiger partial charge in [0, 0.05) is 44.2 Å². The van der Waals surface area contributed by atoms with E-state index in [9.17, 15) is 4.79 Å². The van der Waals surface area contributed by atoms with Crippen molar-refractivity contribution in [3.8, 4) is 0 Å². The molecule has 0 spiro atoms. The second kappa shape index (κ2) is 9.56. The van der Waals surface area contributed by atoms with Crippen LogP contribution in [0.2, 0.25) is 0 Å². The average Bonchev–Trinajstić information content (AvgIpc) is 2.54. The molecule has 1 heterocycles. The van der Waals surface area contributed by atoms with E-state index >= 15 is 0 Å². The molecule has 4 nitrogen and oxygen atoms in total. The van der Waals surface area contributed by atoms with Gasteiger partial charge in [0.05, 0.1) is 0 Å². The van der Waals surface area contributed by atoms with Gasteiger partial charge in [0.25, 0.3) is 5.91 Å². The second-order valence-corrected chi connectivity index (χ2v) is 6.59. The number of halogens is 1. The van der Waals surface area contributed by atoms with E-state index in [0.717, 1.165) is 43.9 Å². The van der Waals surface area contributed by atoms with Crippen LogP contribution >= 0.6 is 12.4 Å². The van der Waals surface area contributed by atoms with E-state index in [1.165, 1.54) is 5.56 Å². The Hall–Kier alpha value is -1.88. The summed E-state index contributed by atoms with van der Waals surface area (Å²) in [5, 5.41) is 6.25. The fraction of sp³-hybridized carbons (Fsp3) is 0.350. The van der Waals surface area contributed by atoms with Crippen LogP contribution in [-0.4, -0.2) is 37.5 Å². The molecule has 0 saturated carbocycles. The first-order valence-electron chi connectivity index (χ1n) is 8.51. The molecule has 1 aliphatic heterocycles. The first-order chi connectivity index (χ1) is 11.7. The van der Waals surface area contributed by atoms with Crippen LogP contribution in [0.3, 0.4) is 0 Å². The SMILES string of the molecule is CN(Cc1ccccc1)Cc1cccc(C(=O)NCC2CNC2)c1.Cl. The monoisotopic (exact) mass is 359 g/mol. The van der Waals surface area contributed by atoms with Gasteiger partial charge in [-0.1, -0.05) is 42.5 Å². The van der Waals surface area contributed by atoms with Crippen LogP contribution in [0.1, 0.15) is 21.5 Å². The van der Waals surface area contributed by atoms with Gasteiger partial charge in [0.15, 0.2) is 0 Å². The molecule has 0 atom stereocenters. The van der Waals surface area contributed by atoms with Gasteiger partial charge in [0.1, 0.15) is 0 Å². The van der Waals surface area contributed by atoms with Crippen molar-refractivity contribution in [2.75, 3.05) is 26.7 Å². The molecule has 0 aliphatic carbocycles. The Morgan fingerprint density at radius 2 is 1.76 bits per heavy atom. The minimum absolute atomic E-state index is 0. The zero-order chi connectivity index (χ0) is 16.8. The highest BCUT2D eigenvalue weighted by molar-refractivity contribution is 5.94. The summed E-state index contributed by atoms with van der Waals surface area (Å²) in [6.45, 7) is 4.48. The summed E-state index contributed by atoms with van der Waals surface area (Å²) in [5.74, 6) is 0.601. The number of rotatable bonds is 7. The van der Waals surface area contributed by atoms with Crippen molar-refractivity contribution in [1.29, 1.82) is 0 Å². The van der Waals surface area contributed by atoms with Crippen molar-refractivity contribution < 1.29 is 4.79 Å². The largest absolute Gasteiger partial charge is 0.352 e. The predicted octanol–water partition coefficient (Wildman–Crippen LogP) is 2.69. The number of nitrogens with zero attached hydrogens (tertiary/aromatic N) is 1. The maximum absolute atomic E-state index is 12.3. The van der Waals surface area contributed by atoms with Crippen LogP contribution in [0.15, 0.2) is 54.6 Å². The lowest BCUT2D eigenvalue weighted by Gasteiger charge is -2.27. The summed E-state index contributed by atoms with van der Waals surface area (Å²) in [5.41, 5.74) is 3.20. The molecule has 0 aromatic heterocycles. The summed E-state index contributed by atoms with van der Waals surface area (Å²) in [4.78, 5) is 14.5. The summed E-state index contributed by atoms with van der Waals surface area (Å²) in [6, 6.07) is 18.3. The summed E-state index contributed by atoms with van der Waals surface area (Å²) < 4.78 is 0. The lowest BCUT2D eigenvalue weighted by atomic mass is 10.0.